The Hall–Kier alpha value is -3.58. The molecular weight excluding hydrogens is 483 g/mol. The number of ether oxygens (including phenoxy) is 2. The van der Waals surface area contributed by atoms with Gasteiger partial charge in [-0.25, -0.2) is 4.39 Å². The summed E-state index contributed by atoms with van der Waals surface area (Å²) < 4.78 is 25.1. The minimum atomic E-state index is -1.05. The SMILES string of the molecule is O=C(NC1CCCC1)[C@H](c1ccc(F)cc1)N(C(=O)c1ccc2c(c1)OCCO2)c1cccc(Cl)c1. The second-order valence-electron chi connectivity index (χ2n) is 8.96. The molecule has 1 saturated carbocycles. The number of nitrogens with one attached hydrogen (secondary N) is 1. The van der Waals surface area contributed by atoms with Gasteiger partial charge in [-0.05, 0) is 66.9 Å². The Kier molecular flexibility index (Phi) is 7.09. The van der Waals surface area contributed by atoms with Crippen LogP contribution in [0.25, 0.3) is 0 Å². The zero-order valence-corrected chi connectivity index (χ0v) is 20.3. The highest BCUT2D eigenvalue weighted by Crippen LogP contribution is 2.35. The van der Waals surface area contributed by atoms with E-state index in [-0.39, 0.29) is 11.9 Å². The highest BCUT2D eigenvalue weighted by Gasteiger charge is 2.35. The van der Waals surface area contributed by atoms with Gasteiger partial charge in [0, 0.05) is 22.3 Å². The molecule has 2 aliphatic rings. The highest BCUT2D eigenvalue weighted by atomic mass is 35.5. The average Bonchev–Trinajstić information content (AvgIpc) is 3.40. The molecule has 3 aromatic rings. The van der Waals surface area contributed by atoms with Gasteiger partial charge in [0.15, 0.2) is 11.5 Å². The van der Waals surface area contributed by atoms with Gasteiger partial charge in [-0.3, -0.25) is 14.5 Å². The van der Waals surface area contributed by atoms with Crippen molar-refractivity contribution in [2.45, 2.75) is 37.8 Å². The summed E-state index contributed by atoms with van der Waals surface area (Å²) in [7, 11) is 0. The van der Waals surface area contributed by atoms with Crippen LogP contribution in [0.2, 0.25) is 5.02 Å². The Morgan fingerprint density at radius 1 is 0.944 bits per heavy atom. The van der Waals surface area contributed by atoms with Crippen LogP contribution in [0.3, 0.4) is 0 Å². The minimum absolute atomic E-state index is 0.0334. The van der Waals surface area contributed by atoms with E-state index in [0.29, 0.717) is 46.5 Å². The van der Waals surface area contributed by atoms with Crippen LogP contribution in [0, 0.1) is 5.82 Å². The molecule has 0 unspecified atom stereocenters. The van der Waals surface area contributed by atoms with Crippen molar-refractivity contribution in [2.24, 2.45) is 0 Å². The van der Waals surface area contributed by atoms with Gasteiger partial charge in [0.25, 0.3) is 5.91 Å². The molecule has 1 aliphatic heterocycles. The number of rotatable bonds is 6. The Balaban J connectivity index is 1.60. The quantitative estimate of drug-likeness (QED) is 0.464. The number of benzene rings is 3. The van der Waals surface area contributed by atoms with E-state index in [4.69, 9.17) is 21.1 Å². The van der Waals surface area contributed by atoms with E-state index < -0.39 is 17.8 Å². The molecule has 6 nitrogen and oxygen atoms in total. The zero-order valence-electron chi connectivity index (χ0n) is 19.6. The van der Waals surface area contributed by atoms with Gasteiger partial charge in [-0.2, -0.15) is 0 Å². The van der Waals surface area contributed by atoms with Gasteiger partial charge in [-0.15, -0.1) is 0 Å². The first-order valence-corrected chi connectivity index (χ1v) is 12.4. The predicted molar refractivity (Wildman–Crippen MR) is 135 cm³/mol. The number of hydrogen-bond donors (Lipinski definition) is 1. The van der Waals surface area contributed by atoms with Crippen LogP contribution in [0.4, 0.5) is 10.1 Å². The van der Waals surface area contributed by atoms with Crippen molar-refractivity contribution in [3.05, 3.63) is 88.7 Å². The average molecular weight is 509 g/mol. The molecule has 1 atom stereocenters. The fraction of sp³-hybridized carbons (Fsp3) is 0.286. The number of hydrogen-bond acceptors (Lipinski definition) is 4. The molecule has 1 heterocycles. The maximum Gasteiger partial charge on any atom is 0.259 e. The van der Waals surface area contributed by atoms with E-state index in [1.54, 1.807) is 42.5 Å². The molecule has 1 N–H and O–H groups in total. The van der Waals surface area contributed by atoms with E-state index >= 15 is 0 Å². The molecule has 8 heteroatoms. The highest BCUT2D eigenvalue weighted by molar-refractivity contribution is 6.31. The van der Waals surface area contributed by atoms with Crippen molar-refractivity contribution >= 4 is 29.1 Å². The second kappa shape index (κ2) is 10.6. The number of fused-ring (bicyclic) bond motifs is 1. The first kappa shape index (κ1) is 24.1. The summed E-state index contributed by atoms with van der Waals surface area (Å²) >= 11 is 6.30. The topological polar surface area (TPSA) is 67.9 Å². The number of nitrogens with zero attached hydrogens (tertiary/aromatic N) is 1. The van der Waals surface area contributed by atoms with E-state index in [1.165, 1.54) is 29.2 Å². The molecule has 0 saturated heterocycles. The largest absolute Gasteiger partial charge is 0.486 e. The summed E-state index contributed by atoms with van der Waals surface area (Å²) in [5, 5.41) is 3.53. The van der Waals surface area contributed by atoms with Gasteiger partial charge < -0.3 is 14.8 Å². The van der Waals surface area contributed by atoms with Gasteiger partial charge >= 0.3 is 0 Å². The number of carbonyl (C=O) groups is 2. The molecule has 5 rings (SSSR count). The standard InChI is InChI=1S/C28H26ClFN2O4/c29-20-4-3-7-23(17-20)32(28(34)19-10-13-24-25(16-19)36-15-14-35-24)26(18-8-11-21(30)12-9-18)27(33)31-22-5-1-2-6-22/h3-4,7-13,16-17,22,26H,1-2,5-6,14-15H2,(H,31,33)/t26-/m0/s1. The van der Waals surface area contributed by atoms with Crippen LogP contribution in [0.15, 0.2) is 66.7 Å². The summed E-state index contributed by atoms with van der Waals surface area (Å²) in [6.45, 7) is 0.813. The monoisotopic (exact) mass is 508 g/mol. The maximum atomic E-state index is 14.1. The minimum Gasteiger partial charge on any atom is -0.486 e. The van der Waals surface area contributed by atoms with Crippen LogP contribution in [0.5, 0.6) is 11.5 Å². The molecule has 1 fully saturated rings. The van der Waals surface area contributed by atoms with Crippen molar-refractivity contribution in [2.75, 3.05) is 18.1 Å². The number of amides is 2. The van der Waals surface area contributed by atoms with Crippen molar-refractivity contribution in [1.29, 1.82) is 0 Å². The van der Waals surface area contributed by atoms with Gasteiger partial charge in [-0.1, -0.05) is 42.6 Å². The second-order valence-corrected chi connectivity index (χ2v) is 9.39. The van der Waals surface area contributed by atoms with Crippen LogP contribution < -0.4 is 19.7 Å². The number of anilines is 1. The van der Waals surface area contributed by atoms with Crippen LogP contribution in [-0.2, 0) is 4.79 Å². The summed E-state index contributed by atoms with van der Waals surface area (Å²) in [5.74, 6) is -0.168. The molecule has 0 spiro atoms. The third kappa shape index (κ3) is 5.16. The molecule has 0 radical (unpaired) electrons. The van der Waals surface area contributed by atoms with Gasteiger partial charge in [0.2, 0.25) is 5.91 Å². The van der Waals surface area contributed by atoms with Crippen molar-refractivity contribution in [3.8, 4) is 11.5 Å². The summed E-state index contributed by atoms with van der Waals surface area (Å²) in [6, 6.07) is 16.3. The normalized spacial score (nSPS) is 15.8. The Morgan fingerprint density at radius 2 is 1.67 bits per heavy atom. The third-order valence-corrected chi connectivity index (χ3v) is 6.72. The zero-order chi connectivity index (χ0) is 25.1. The Bertz CT molecular complexity index is 1260. The molecule has 3 aromatic carbocycles. The van der Waals surface area contributed by atoms with E-state index in [2.05, 4.69) is 5.32 Å². The molecule has 0 bridgehead atoms. The number of carbonyl (C=O) groups excluding carboxylic acids is 2. The van der Waals surface area contributed by atoms with Crippen LogP contribution in [0.1, 0.15) is 47.6 Å². The molecule has 36 heavy (non-hydrogen) atoms. The van der Waals surface area contributed by atoms with Crippen molar-refractivity contribution < 1.29 is 23.5 Å². The van der Waals surface area contributed by atoms with Gasteiger partial charge in [0.05, 0.1) is 0 Å². The lowest BCUT2D eigenvalue weighted by molar-refractivity contribution is -0.123. The number of halogens is 2. The molecule has 2 amide bonds. The third-order valence-electron chi connectivity index (χ3n) is 6.49. The smallest absolute Gasteiger partial charge is 0.259 e. The fourth-order valence-corrected chi connectivity index (χ4v) is 4.92. The molecule has 186 valence electrons. The van der Waals surface area contributed by atoms with Crippen LogP contribution >= 0.6 is 11.6 Å². The van der Waals surface area contributed by atoms with E-state index in [1.807, 2.05) is 0 Å². The van der Waals surface area contributed by atoms with Crippen LogP contribution in [-0.4, -0.2) is 31.1 Å². The van der Waals surface area contributed by atoms with Crippen molar-refractivity contribution in [1.82, 2.24) is 5.32 Å². The molecular formula is C28H26ClFN2O4. The molecule has 1 aliphatic carbocycles. The lowest BCUT2D eigenvalue weighted by Crippen LogP contribution is -2.46. The summed E-state index contributed by atoms with van der Waals surface area (Å²) in [5.41, 5.74) is 1.25. The van der Waals surface area contributed by atoms with Gasteiger partial charge in [0.1, 0.15) is 25.1 Å². The maximum absolute atomic E-state index is 14.1. The fourth-order valence-electron chi connectivity index (χ4n) is 4.74. The Labute approximate surface area is 214 Å². The first-order chi connectivity index (χ1) is 17.5. The lowest BCUT2D eigenvalue weighted by atomic mass is 10.0. The van der Waals surface area contributed by atoms with E-state index in [9.17, 15) is 14.0 Å². The van der Waals surface area contributed by atoms with E-state index in [0.717, 1.165) is 25.7 Å². The summed E-state index contributed by atoms with van der Waals surface area (Å²) in [6.07, 6.45) is 3.85. The lowest BCUT2D eigenvalue weighted by Gasteiger charge is -2.33. The Morgan fingerprint density at radius 3 is 2.39 bits per heavy atom. The first-order valence-electron chi connectivity index (χ1n) is 12.0. The predicted octanol–water partition coefficient (Wildman–Crippen LogP) is 5.70. The van der Waals surface area contributed by atoms with Crippen molar-refractivity contribution in [3.63, 3.8) is 0 Å². The molecule has 0 aromatic heterocycles. The summed E-state index contributed by atoms with van der Waals surface area (Å²) in [4.78, 5) is 29.3.